The van der Waals surface area contributed by atoms with Crippen LogP contribution in [0.5, 0.6) is 0 Å². The Kier molecular flexibility index (Phi) is 3.71. The van der Waals surface area contributed by atoms with Crippen molar-refractivity contribution in [3.63, 3.8) is 0 Å². The second-order valence-corrected chi connectivity index (χ2v) is 11.5. The summed E-state index contributed by atoms with van der Waals surface area (Å²) in [6.07, 6.45) is 0.559. The predicted octanol–water partition coefficient (Wildman–Crippen LogP) is -0.288. The fourth-order valence-electron chi connectivity index (χ4n) is 1.37. The summed E-state index contributed by atoms with van der Waals surface area (Å²) in [5.41, 5.74) is 0. The summed E-state index contributed by atoms with van der Waals surface area (Å²) in [7, 11) is -6.53. The molecule has 0 saturated carbocycles. The SMILES string of the molecule is CCC[Si]1(F)N(C)[SiH2]N[SiH](F)N1F. The van der Waals surface area contributed by atoms with Gasteiger partial charge in [-0.05, 0) is 13.1 Å². The predicted molar refractivity (Wildman–Crippen MR) is 52.6 cm³/mol. The van der Waals surface area contributed by atoms with E-state index < -0.39 is 28.0 Å². The molecule has 0 aromatic heterocycles. The van der Waals surface area contributed by atoms with E-state index in [-0.39, 0.29) is 10.5 Å². The van der Waals surface area contributed by atoms with Gasteiger partial charge < -0.3 is 8.88 Å². The minimum atomic E-state index is -3.72. The molecular weight excluding hydrogens is 231 g/mol. The van der Waals surface area contributed by atoms with Gasteiger partial charge in [-0.15, -0.1) is 8.93 Å². The fourth-order valence-corrected chi connectivity index (χ4v) is 11.6. The molecule has 3 nitrogen and oxygen atoms in total. The Balaban J connectivity index is 2.75. The summed E-state index contributed by atoms with van der Waals surface area (Å²) < 4.78 is 43.9. The molecule has 0 aliphatic carbocycles. The van der Waals surface area contributed by atoms with Crippen LogP contribution < -0.4 is 4.65 Å². The van der Waals surface area contributed by atoms with Gasteiger partial charge in [0.1, 0.15) is 0 Å². The van der Waals surface area contributed by atoms with Crippen LogP contribution >= 0.6 is 0 Å². The Bertz CT molecular complexity index is 187. The summed E-state index contributed by atoms with van der Waals surface area (Å²) in [4.78, 5) is 0. The van der Waals surface area contributed by atoms with Crippen molar-refractivity contribution in [1.29, 1.82) is 0 Å². The highest BCUT2D eigenvalue weighted by atomic mass is 28.5. The van der Waals surface area contributed by atoms with Crippen LogP contribution in [0, 0.1) is 0 Å². The highest BCUT2D eigenvalue weighted by Crippen LogP contribution is 2.25. The molecule has 9 heteroatoms. The van der Waals surface area contributed by atoms with Crippen molar-refractivity contribution in [3.05, 3.63) is 0 Å². The van der Waals surface area contributed by atoms with E-state index in [4.69, 9.17) is 0 Å². The molecule has 1 aliphatic heterocycles. The van der Waals surface area contributed by atoms with E-state index in [2.05, 4.69) is 4.65 Å². The third-order valence-electron chi connectivity index (χ3n) is 2.18. The lowest BCUT2D eigenvalue weighted by Gasteiger charge is -2.40. The number of hydrogen-bond acceptors (Lipinski definition) is 3. The van der Waals surface area contributed by atoms with Gasteiger partial charge in [-0.25, -0.2) is 0 Å². The molecule has 0 bridgehead atoms. The molecule has 78 valence electrons. The zero-order valence-electron chi connectivity index (χ0n) is 7.73. The first-order valence-electron chi connectivity index (χ1n) is 4.25. The first-order valence-corrected chi connectivity index (χ1v) is 9.10. The van der Waals surface area contributed by atoms with Crippen LogP contribution in [-0.2, 0) is 0 Å². The van der Waals surface area contributed by atoms with Gasteiger partial charge in [0.05, 0.1) is 0 Å². The molecule has 1 N–H and O–H groups in total. The highest BCUT2D eigenvalue weighted by Gasteiger charge is 2.54. The minimum absolute atomic E-state index is 0.104. The lowest BCUT2D eigenvalue weighted by Crippen LogP contribution is -2.73. The zero-order valence-corrected chi connectivity index (χ0v) is 11.3. The number of nitrogens with zero attached hydrogens (tertiary/aromatic N) is 2. The van der Waals surface area contributed by atoms with Gasteiger partial charge in [0, 0.05) is 0 Å². The standard InChI is InChI=1S/C4H14F3N3Si3/c1-3-4-13(7)9(2)11-8-12(6)10(13)5/h8,12H,3-4,11H2,1-2H3. The normalized spacial score (nSPS) is 39.9. The van der Waals surface area contributed by atoms with E-state index in [1.807, 2.05) is 0 Å². The largest absolute Gasteiger partial charge is 0.419 e. The average molecular weight is 245 g/mol. The van der Waals surface area contributed by atoms with Crippen LogP contribution in [0.4, 0.5) is 12.7 Å². The maximum absolute atomic E-state index is 14.0. The van der Waals surface area contributed by atoms with E-state index in [1.165, 1.54) is 4.23 Å². The van der Waals surface area contributed by atoms with Crippen molar-refractivity contribution in [3.8, 4) is 0 Å². The molecule has 1 fully saturated rings. The number of rotatable bonds is 2. The average Bonchev–Trinajstić information content (AvgIpc) is 2.10. The molecule has 2 atom stereocenters. The van der Waals surface area contributed by atoms with Gasteiger partial charge >= 0.3 is 18.2 Å². The lowest BCUT2D eigenvalue weighted by atomic mass is 10.6. The molecule has 0 amide bonds. The highest BCUT2D eigenvalue weighted by molar-refractivity contribution is 6.85. The molecule has 1 aliphatic rings. The number of nitrogens with one attached hydrogen (secondary N) is 1. The maximum Gasteiger partial charge on any atom is 0.419 e. The van der Waals surface area contributed by atoms with Gasteiger partial charge in [-0.1, -0.05) is 13.3 Å². The molecule has 0 aromatic rings. The van der Waals surface area contributed by atoms with Gasteiger partial charge in [0.25, 0.3) is 0 Å². The van der Waals surface area contributed by atoms with Crippen molar-refractivity contribution in [1.82, 2.24) is 13.3 Å². The Labute approximate surface area is 81.1 Å². The third kappa shape index (κ3) is 2.05. The van der Waals surface area contributed by atoms with Crippen LogP contribution in [0.15, 0.2) is 0 Å². The van der Waals surface area contributed by atoms with Crippen molar-refractivity contribution < 1.29 is 12.7 Å². The number of hydrogen-bond donors (Lipinski definition) is 1. The molecule has 0 aromatic carbocycles. The van der Waals surface area contributed by atoms with Gasteiger partial charge in [0.15, 0.2) is 9.84 Å². The van der Waals surface area contributed by atoms with Gasteiger partial charge in [-0.2, -0.15) is 0 Å². The molecule has 1 heterocycles. The van der Waals surface area contributed by atoms with Crippen LogP contribution in [0.25, 0.3) is 0 Å². The molecular formula is C4H14F3N3Si3. The van der Waals surface area contributed by atoms with Crippen LogP contribution in [-0.4, -0.2) is 43.8 Å². The lowest BCUT2D eigenvalue weighted by molar-refractivity contribution is 0.175. The topological polar surface area (TPSA) is 18.5 Å². The molecule has 1 saturated heterocycles. The molecule has 13 heavy (non-hydrogen) atoms. The van der Waals surface area contributed by atoms with Crippen LogP contribution in [0.2, 0.25) is 6.04 Å². The summed E-state index contributed by atoms with van der Waals surface area (Å²) in [5.74, 6) is 0. The molecule has 1 rings (SSSR count). The Hall–Kier alpha value is 0.321. The fraction of sp³-hybridized carbons (Fsp3) is 1.00. The summed E-state index contributed by atoms with van der Waals surface area (Å²) in [6, 6.07) is 0.155. The summed E-state index contributed by atoms with van der Waals surface area (Å²) in [5, 5.41) is 0. The monoisotopic (exact) mass is 245 g/mol. The summed E-state index contributed by atoms with van der Waals surface area (Å²) in [6.45, 7) is 1.79. The van der Waals surface area contributed by atoms with Gasteiger partial charge in [0.2, 0.25) is 0 Å². The van der Waals surface area contributed by atoms with E-state index in [0.29, 0.717) is 6.42 Å². The van der Waals surface area contributed by atoms with Crippen molar-refractivity contribution in [2.45, 2.75) is 19.4 Å². The van der Waals surface area contributed by atoms with E-state index >= 15 is 0 Å². The Morgan fingerprint density at radius 3 is 2.77 bits per heavy atom. The van der Waals surface area contributed by atoms with E-state index in [1.54, 1.807) is 14.0 Å². The molecule has 2 unspecified atom stereocenters. The first-order chi connectivity index (χ1) is 6.02. The third-order valence-corrected chi connectivity index (χ3v) is 11.9. The minimum Gasteiger partial charge on any atom is -0.316 e. The van der Waals surface area contributed by atoms with E-state index in [9.17, 15) is 12.7 Å². The van der Waals surface area contributed by atoms with Gasteiger partial charge in [-0.3, -0.25) is 8.22 Å². The molecule has 0 radical (unpaired) electrons. The zero-order chi connectivity index (χ0) is 10.1. The maximum atomic E-state index is 14.0. The van der Waals surface area contributed by atoms with Crippen molar-refractivity contribution in [2.24, 2.45) is 0 Å². The molecule has 0 spiro atoms. The first kappa shape index (κ1) is 11.4. The van der Waals surface area contributed by atoms with E-state index in [0.717, 1.165) is 0 Å². The Morgan fingerprint density at radius 2 is 2.23 bits per heavy atom. The second kappa shape index (κ2) is 4.23. The quantitative estimate of drug-likeness (QED) is 0.410. The summed E-state index contributed by atoms with van der Waals surface area (Å²) >= 11 is 0. The Morgan fingerprint density at radius 1 is 1.62 bits per heavy atom. The van der Waals surface area contributed by atoms with Crippen molar-refractivity contribution in [2.75, 3.05) is 7.05 Å². The smallest absolute Gasteiger partial charge is 0.316 e. The van der Waals surface area contributed by atoms with Crippen LogP contribution in [0.3, 0.4) is 0 Å². The van der Waals surface area contributed by atoms with Crippen LogP contribution in [0.1, 0.15) is 13.3 Å². The number of halogens is 3. The second-order valence-electron chi connectivity index (χ2n) is 3.18. The van der Waals surface area contributed by atoms with Crippen molar-refractivity contribution >= 4 is 28.0 Å².